The van der Waals surface area contributed by atoms with Gasteiger partial charge in [-0.1, -0.05) is 18.1 Å². The predicted octanol–water partition coefficient (Wildman–Crippen LogP) is 5.19. The van der Waals surface area contributed by atoms with E-state index in [0.717, 1.165) is 25.8 Å². The molecule has 9 rings (SSSR count). The first-order valence-electron chi connectivity index (χ1n) is 15.1. The molecule has 5 aliphatic rings. The Morgan fingerprint density at radius 2 is 1.89 bits per heavy atom. The van der Waals surface area contributed by atoms with Crippen LogP contribution in [0.5, 0.6) is 11.8 Å². The molecule has 0 amide bonds. The van der Waals surface area contributed by atoms with Gasteiger partial charge in [0.15, 0.2) is 5.82 Å². The number of benzene rings is 3. The number of ether oxygens (including phenoxy) is 1. The van der Waals surface area contributed by atoms with Gasteiger partial charge in [-0.15, -0.1) is 6.42 Å². The van der Waals surface area contributed by atoms with Gasteiger partial charge < -0.3 is 19.8 Å². The van der Waals surface area contributed by atoms with E-state index in [1.165, 1.54) is 24.3 Å². The van der Waals surface area contributed by atoms with Crippen LogP contribution in [0.25, 0.3) is 32.8 Å². The lowest BCUT2D eigenvalue weighted by Crippen LogP contribution is -2.58. The summed E-state index contributed by atoms with van der Waals surface area (Å²) in [7, 11) is 0. The van der Waals surface area contributed by atoms with Gasteiger partial charge in [-0.2, -0.15) is 9.97 Å². The predicted molar refractivity (Wildman–Crippen MR) is 160 cm³/mol. The third kappa shape index (κ3) is 4.13. The van der Waals surface area contributed by atoms with Gasteiger partial charge in [-0.25, -0.2) is 13.2 Å². The van der Waals surface area contributed by atoms with Gasteiger partial charge in [-0.3, -0.25) is 4.90 Å². The largest absolute Gasteiger partial charge is 0.508 e. The van der Waals surface area contributed by atoms with Crippen molar-refractivity contribution in [3.05, 3.63) is 53.6 Å². The van der Waals surface area contributed by atoms with E-state index in [-0.39, 0.29) is 58.5 Å². The molecule has 4 unspecified atom stereocenters. The second-order valence-electron chi connectivity index (χ2n) is 12.8. The topological polar surface area (TPSA) is 82.0 Å². The van der Waals surface area contributed by atoms with E-state index in [0.29, 0.717) is 48.0 Å². The van der Waals surface area contributed by atoms with Crippen molar-refractivity contribution in [3.63, 3.8) is 0 Å². The van der Waals surface area contributed by atoms with E-state index in [2.05, 4.69) is 15.8 Å². The number of nitrogens with zero attached hydrogens (tertiary/aromatic N) is 4. The van der Waals surface area contributed by atoms with E-state index in [4.69, 9.17) is 16.1 Å². The number of aliphatic hydroxyl groups excluding tert-OH is 1. The normalized spacial score (nSPS) is 27.8. The van der Waals surface area contributed by atoms with Gasteiger partial charge in [-0.05, 0) is 61.0 Å². The van der Waals surface area contributed by atoms with Crippen LogP contribution in [0.1, 0.15) is 31.2 Å². The number of alkyl halides is 1. The molecule has 7 nitrogen and oxygen atoms in total. The first-order chi connectivity index (χ1) is 21.2. The summed E-state index contributed by atoms with van der Waals surface area (Å²) in [6, 6.07) is 8.82. The average Bonchev–Trinajstić information content (AvgIpc) is 3.55. The van der Waals surface area contributed by atoms with Gasteiger partial charge >= 0.3 is 6.01 Å². The van der Waals surface area contributed by atoms with Crippen LogP contribution < -0.4 is 9.64 Å². The van der Waals surface area contributed by atoms with Gasteiger partial charge in [0.2, 0.25) is 0 Å². The number of terminal acetylenes is 1. The Kier molecular flexibility index (Phi) is 6.23. The van der Waals surface area contributed by atoms with E-state index in [1.54, 1.807) is 12.1 Å². The average molecular weight is 601 g/mol. The van der Waals surface area contributed by atoms with Crippen molar-refractivity contribution in [1.29, 1.82) is 0 Å². The Morgan fingerprint density at radius 1 is 1.07 bits per heavy atom. The van der Waals surface area contributed by atoms with Crippen LogP contribution in [0.4, 0.5) is 19.0 Å². The molecule has 4 atom stereocenters. The smallest absolute Gasteiger partial charge is 0.319 e. The number of piperidine rings is 2. The standard InChI is InChI=1S/C34H31F3N4O3/c1-2-23-27(36)7-4-18-11-22(42)12-26(28(18)23)24-5-6-25-30(29(24)37)38-33(39-32(25)40-14-19-10-20(15-40)31(19)43)44-17-34-8-3-9-41(34)16-21(35)13-34/h1,4-7,11-12,19-21,31,42-43H,3,8-10,13-17H2. The minimum atomic E-state index is -0.923. The number of aliphatic hydroxyl groups is 1. The first-order valence-corrected chi connectivity index (χ1v) is 15.1. The summed E-state index contributed by atoms with van der Waals surface area (Å²) in [5, 5.41) is 22.2. The Balaban J connectivity index is 1.27. The minimum Gasteiger partial charge on any atom is -0.508 e. The maximum absolute atomic E-state index is 16.7. The molecule has 0 radical (unpaired) electrons. The van der Waals surface area contributed by atoms with Crippen molar-refractivity contribution in [2.24, 2.45) is 11.8 Å². The van der Waals surface area contributed by atoms with Crippen LogP contribution in [0.3, 0.4) is 0 Å². The fraction of sp³-hybridized carbons (Fsp3) is 0.412. The minimum absolute atomic E-state index is 0.00742. The second-order valence-corrected chi connectivity index (χ2v) is 12.8. The van der Waals surface area contributed by atoms with E-state index < -0.39 is 23.3 Å². The SMILES string of the molecule is C#Cc1c(F)ccc2cc(O)cc(-c3ccc4c(N5CC6CC(C5)C6O)nc(OCC56CCCN5CC(F)C6)nc4c3F)c12. The summed E-state index contributed by atoms with van der Waals surface area (Å²) in [6.07, 6.45) is 7.46. The number of halogens is 3. The molecule has 5 fully saturated rings. The highest BCUT2D eigenvalue weighted by Gasteiger charge is 2.50. The molecule has 0 spiro atoms. The van der Waals surface area contributed by atoms with Crippen molar-refractivity contribution in [2.45, 2.75) is 43.5 Å². The zero-order valence-corrected chi connectivity index (χ0v) is 23.9. The number of aromatic nitrogens is 2. The summed E-state index contributed by atoms with van der Waals surface area (Å²) in [4.78, 5) is 13.5. The highest BCUT2D eigenvalue weighted by molar-refractivity contribution is 6.04. The Morgan fingerprint density at radius 3 is 2.66 bits per heavy atom. The molecule has 1 aliphatic carbocycles. The van der Waals surface area contributed by atoms with Crippen LogP contribution in [0.15, 0.2) is 36.4 Å². The molecule has 44 heavy (non-hydrogen) atoms. The first kappa shape index (κ1) is 27.5. The molecule has 10 heteroatoms. The number of hydrogen-bond donors (Lipinski definition) is 2. The zero-order valence-electron chi connectivity index (χ0n) is 23.9. The molecule has 2 bridgehead atoms. The Labute approximate surface area is 252 Å². The molecule has 3 aromatic carbocycles. The Hall–Kier alpha value is -4.07. The third-order valence-electron chi connectivity index (χ3n) is 10.3. The fourth-order valence-electron chi connectivity index (χ4n) is 8.10. The van der Waals surface area contributed by atoms with Crippen molar-refractivity contribution < 1.29 is 28.1 Å². The van der Waals surface area contributed by atoms with Crippen LogP contribution in [0, 0.1) is 35.8 Å². The number of aromatic hydroxyl groups is 1. The number of anilines is 1. The maximum Gasteiger partial charge on any atom is 0.319 e. The maximum atomic E-state index is 16.7. The third-order valence-corrected chi connectivity index (χ3v) is 10.3. The van der Waals surface area contributed by atoms with E-state index in [9.17, 15) is 19.0 Å². The van der Waals surface area contributed by atoms with Crippen molar-refractivity contribution in [3.8, 4) is 35.2 Å². The lowest BCUT2D eigenvalue weighted by Gasteiger charge is -2.51. The molecular formula is C34H31F3N4O3. The van der Waals surface area contributed by atoms with Crippen molar-refractivity contribution in [2.75, 3.05) is 37.7 Å². The number of phenolic OH excluding ortho intramolecular Hbond substituents is 1. The number of fused-ring (bicyclic) bond motifs is 5. The molecule has 1 aromatic heterocycles. The van der Waals surface area contributed by atoms with E-state index in [1.807, 2.05) is 4.90 Å². The van der Waals surface area contributed by atoms with Crippen LogP contribution in [-0.2, 0) is 0 Å². The summed E-state index contributed by atoms with van der Waals surface area (Å²) < 4.78 is 52.1. The van der Waals surface area contributed by atoms with Gasteiger partial charge in [0, 0.05) is 54.2 Å². The van der Waals surface area contributed by atoms with E-state index >= 15 is 4.39 Å². The van der Waals surface area contributed by atoms with Crippen molar-refractivity contribution >= 4 is 27.5 Å². The summed E-state index contributed by atoms with van der Waals surface area (Å²) in [6.45, 7) is 2.50. The van der Waals surface area contributed by atoms with Gasteiger partial charge in [0.05, 0.1) is 17.2 Å². The van der Waals surface area contributed by atoms with Crippen LogP contribution in [-0.4, -0.2) is 75.7 Å². The number of phenols is 1. The molecule has 4 saturated heterocycles. The van der Waals surface area contributed by atoms with Crippen LogP contribution >= 0.6 is 0 Å². The summed E-state index contributed by atoms with van der Waals surface area (Å²) >= 11 is 0. The quantitative estimate of drug-likeness (QED) is 0.306. The molecule has 226 valence electrons. The lowest BCUT2D eigenvalue weighted by molar-refractivity contribution is -0.0532. The second kappa shape index (κ2) is 9.98. The monoisotopic (exact) mass is 600 g/mol. The Bertz CT molecular complexity index is 1870. The van der Waals surface area contributed by atoms with Crippen LogP contribution in [0.2, 0.25) is 0 Å². The summed E-state index contributed by atoms with van der Waals surface area (Å²) in [5.41, 5.74) is -0.140. The molecule has 5 heterocycles. The molecule has 1 saturated carbocycles. The van der Waals surface area contributed by atoms with Crippen molar-refractivity contribution in [1.82, 2.24) is 14.9 Å². The summed E-state index contributed by atoms with van der Waals surface area (Å²) in [5.74, 6) is 1.66. The fourth-order valence-corrected chi connectivity index (χ4v) is 8.10. The lowest BCUT2D eigenvalue weighted by atomic mass is 9.68. The number of rotatable bonds is 5. The molecule has 2 N–H and O–H groups in total. The van der Waals surface area contributed by atoms with Gasteiger partial charge in [0.25, 0.3) is 0 Å². The zero-order chi connectivity index (χ0) is 30.3. The highest BCUT2D eigenvalue weighted by Crippen LogP contribution is 2.45. The highest BCUT2D eigenvalue weighted by atomic mass is 19.1. The molecule has 4 aliphatic heterocycles. The number of hydrogen-bond acceptors (Lipinski definition) is 7. The molecular weight excluding hydrogens is 569 g/mol. The van der Waals surface area contributed by atoms with Gasteiger partial charge in [0.1, 0.15) is 35.7 Å². The molecule has 4 aromatic rings.